The Morgan fingerprint density at radius 1 is 1.00 bits per heavy atom. The van der Waals surface area contributed by atoms with Crippen molar-refractivity contribution in [3.63, 3.8) is 0 Å². The first-order valence-electron chi connectivity index (χ1n) is 9.34. The van der Waals surface area contributed by atoms with E-state index in [4.69, 9.17) is 9.47 Å². The van der Waals surface area contributed by atoms with E-state index in [1.54, 1.807) is 37.3 Å². The maximum Gasteiger partial charge on any atom is 0.236 e. The summed E-state index contributed by atoms with van der Waals surface area (Å²) in [5.74, 6) is 1.71. The van der Waals surface area contributed by atoms with Gasteiger partial charge in [-0.15, -0.1) is 23.1 Å². The molecule has 0 aliphatic carbocycles. The van der Waals surface area contributed by atoms with E-state index < -0.39 is 0 Å². The van der Waals surface area contributed by atoms with E-state index in [1.807, 2.05) is 71.8 Å². The molecule has 1 amide bonds. The van der Waals surface area contributed by atoms with Crippen LogP contribution in [0.25, 0.3) is 0 Å². The molecule has 1 unspecified atom stereocenters. The number of para-hydroxylation sites is 1. The molecule has 3 aromatic rings. The van der Waals surface area contributed by atoms with Crippen molar-refractivity contribution in [1.82, 2.24) is 4.90 Å². The monoisotopic (exact) mass is 427 g/mol. The van der Waals surface area contributed by atoms with E-state index in [0.29, 0.717) is 13.1 Å². The van der Waals surface area contributed by atoms with Crippen LogP contribution in [-0.4, -0.2) is 30.3 Å². The molecule has 0 spiro atoms. The van der Waals surface area contributed by atoms with Crippen molar-refractivity contribution in [2.45, 2.75) is 30.2 Å². The van der Waals surface area contributed by atoms with E-state index >= 15 is 0 Å². The Kier molecular flexibility index (Phi) is 7.61. The lowest BCUT2D eigenvalue weighted by Crippen LogP contribution is -2.35. The summed E-state index contributed by atoms with van der Waals surface area (Å²) < 4.78 is 10.7. The van der Waals surface area contributed by atoms with Crippen LogP contribution in [0.5, 0.6) is 11.5 Å². The van der Waals surface area contributed by atoms with Crippen LogP contribution in [-0.2, 0) is 17.9 Å². The highest BCUT2D eigenvalue weighted by Gasteiger charge is 2.23. The Morgan fingerprint density at radius 2 is 1.76 bits per heavy atom. The molecule has 6 heteroatoms. The second-order valence-corrected chi connectivity index (χ2v) is 8.97. The number of nitrogens with zero attached hydrogens (tertiary/aromatic N) is 1. The molecule has 29 heavy (non-hydrogen) atoms. The van der Waals surface area contributed by atoms with Crippen molar-refractivity contribution in [2.24, 2.45) is 0 Å². The van der Waals surface area contributed by atoms with E-state index in [-0.39, 0.29) is 11.2 Å². The molecule has 152 valence electrons. The third-order valence-corrected chi connectivity index (χ3v) is 6.47. The Hall–Kier alpha value is -2.44. The number of thioether (sulfide) groups is 1. The first-order chi connectivity index (χ1) is 14.1. The summed E-state index contributed by atoms with van der Waals surface area (Å²) in [6, 6.07) is 19.7. The zero-order valence-corrected chi connectivity index (χ0v) is 18.5. The molecule has 2 aromatic carbocycles. The summed E-state index contributed by atoms with van der Waals surface area (Å²) in [7, 11) is 3.31. The van der Waals surface area contributed by atoms with Gasteiger partial charge in [0.2, 0.25) is 5.91 Å². The lowest BCUT2D eigenvalue weighted by Gasteiger charge is -2.26. The fourth-order valence-electron chi connectivity index (χ4n) is 3.01. The molecule has 0 aliphatic rings. The predicted octanol–water partition coefficient (Wildman–Crippen LogP) is 5.47. The van der Waals surface area contributed by atoms with Crippen LogP contribution in [0.1, 0.15) is 17.4 Å². The number of carbonyl (C=O) groups is 1. The second kappa shape index (κ2) is 10.4. The molecule has 0 radical (unpaired) electrons. The number of amides is 1. The van der Waals surface area contributed by atoms with Gasteiger partial charge >= 0.3 is 0 Å². The smallest absolute Gasteiger partial charge is 0.236 e. The van der Waals surface area contributed by atoms with Crippen LogP contribution in [0.4, 0.5) is 0 Å². The van der Waals surface area contributed by atoms with Gasteiger partial charge in [-0.05, 0) is 48.7 Å². The fourth-order valence-corrected chi connectivity index (χ4v) is 4.68. The molecule has 3 rings (SSSR count). The Labute approximate surface area is 180 Å². The average molecular weight is 428 g/mol. The van der Waals surface area contributed by atoms with Gasteiger partial charge in [-0.25, -0.2) is 0 Å². The molecular formula is C23H25NO3S2. The average Bonchev–Trinajstić information content (AvgIpc) is 3.26. The van der Waals surface area contributed by atoms with Crippen LogP contribution in [0.3, 0.4) is 0 Å². The first-order valence-corrected chi connectivity index (χ1v) is 11.1. The van der Waals surface area contributed by atoms with E-state index in [1.165, 1.54) is 0 Å². The van der Waals surface area contributed by atoms with Gasteiger partial charge in [-0.1, -0.05) is 24.3 Å². The Bertz CT molecular complexity index is 910. The molecule has 0 aliphatic heterocycles. The third-order valence-electron chi connectivity index (χ3n) is 4.51. The van der Waals surface area contributed by atoms with Gasteiger partial charge in [0.1, 0.15) is 11.5 Å². The van der Waals surface area contributed by atoms with Gasteiger partial charge in [0.05, 0.1) is 26.0 Å². The van der Waals surface area contributed by atoms with Crippen molar-refractivity contribution < 1.29 is 14.3 Å². The number of hydrogen-bond acceptors (Lipinski definition) is 5. The molecule has 0 saturated carbocycles. The normalized spacial score (nSPS) is 11.7. The number of rotatable bonds is 9. The number of thiophene rings is 1. The zero-order valence-electron chi connectivity index (χ0n) is 16.8. The van der Waals surface area contributed by atoms with Crippen molar-refractivity contribution in [1.29, 1.82) is 0 Å². The summed E-state index contributed by atoms with van der Waals surface area (Å²) in [6.07, 6.45) is 0. The van der Waals surface area contributed by atoms with Crippen LogP contribution < -0.4 is 9.47 Å². The number of hydrogen-bond donors (Lipinski definition) is 0. The zero-order chi connectivity index (χ0) is 20.6. The van der Waals surface area contributed by atoms with Crippen molar-refractivity contribution >= 4 is 29.0 Å². The van der Waals surface area contributed by atoms with E-state index in [0.717, 1.165) is 26.8 Å². The first kappa shape index (κ1) is 21.3. The molecule has 1 heterocycles. The minimum atomic E-state index is -0.210. The molecule has 0 saturated heterocycles. The molecule has 4 nitrogen and oxygen atoms in total. The van der Waals surface area contributed by atoms with Crippen LogP contribution in [0.2, 0.25) is 0 Å². The summed E-state index contributed by atoms with van der Waals surface area (Å²) in [4.78, 5) is 17.5. The summed E-state index contributed by atoms with van der Waals surface area (Å²) in [5, 5.41) is 1.83. The fraction of sp³-hybridized carbons (Fsp3) is 0.261. The molecule has 0 bridgehead atoms. The molecular weight excluding hydrogens is 402 g/mol. The maximum absolute atomic E-state index is 13.3. The van der Waals surface area contributed by atoms with Crippen LogP contribution >= 0.6 is 23.1 Å². The van der Waals surface area contributed by atoms with Crippen molar-refractivity contribution in [3.8, 4) is 11.5 Å². The second-order valence-electron chi connectivity index (χ2n) is 6.52. The maximum atomic E-state index is 13.3. The molecule has 1 aromatic heterocycles. The summed E-state index contributed by atoms with van der Waals surface area (Å²) in [5.41, 5.74) is 1.00. The molecule has 0 fully saturated rings. The minimum absolute atomic E-state index is 0.102. The predicted molar refractivity (Wildman–Crippen MR) is 120 cm³/mol. The van der Waals surface area contributed by atoms with Crippen molar-refractivity contribution in [2.75, 3.05) is 14.2 Å². The molecule has 0 N–H and O–H groups in total. The standard InChI is InChI=1S/C23H25NO3S2/c1-17(29-20-12-10-19(26-2)11-13-20)23(25)24(16-21-8-6-14-28-21)15-18-7-4-5-9-22(18)27-3/h4-14,17H,15-16H2,1-3H3. The Morgan fingerprint density at radius 3 is 2.41 bits per heavy atom. The van der Waals surface area contributed by atoms with E-state index in [2.05, 4.69) is 6.07 Å². The number of ether oxygens (including phenoxy) is 2. The van der Waals surface area contributed by atoms with Gasteiger partial charge in [0.25, 0.3) is 0 Å². The SMILES string of the molecule is COc1ccc(SC(C)C(=O)N(Cc2cccs2)Cc2ccccc2OC)cc1. The van der Waals surface area contributed by atoms with Crippen molar-refractivity contribution in [3.05, 3.63) is 76.5 Å². The van der Waals surface area contributed by atoms with Gasteiger partial charge in [0, 0.05) is 21.9 Å². The quantitative estimate of drug-likeness (QED) is 0.424. The largest absolute Gasteiger partial charge is 0.497 e. The highest BCUT2D eigenvalue weighted by molar-refractivity contribution is 8.00. The third kappa shape index (κ3) is 5.78. The van der Waals surface area contributed by atoms with Gasteiger partial charge < -0.3 is 14.4 Å². The Balaban J connectivity index is 1.77. The molecule has 1 atom stereocenters. The van der Waals surface area contributed by atoms with Gasteiger partial charge in [0.15, 0.2) is 0 Å². The number of benzene rings is 2. The highest BCUT2D eigenvalue weighted by Crippen LogP contribution is 2.28. The van der Waals surface area contributed by atoms with Crippen LogP contribution in [0, 0.1) is 0 Å². The number of methoxy groups -OCH3 is 2. The lowest BCUT2D eigenvalue weighted by atomic mass is 10.1. The lowest BCUT2D eigenvalue weighted by molar-refractivity contribution is -0.131. The van der Waals surface area contributed by atoms with Gasteiger partial charge in [-0.3, -0.25) is 4.79 Å². The van der Waals surface area contributed by atoms with E-state index in [9.17, 15) is 4.79 Å². The van der Waals surface area contributed by atoms with Gasteiger partial charge in [-0.2, -0.15) is 0 Å². The minimum Gasteiger partial charge on any atom is -0.497 e. The van der Waals surface area contributed by atoms with Crippen LogP contribution in [0.15, 0.2) is 70.9 Å². The summed E-state index contributed by atoms with van der Waals surface area (Å²) >= 11 is 3.22. The topological polar surface area (TPSA) is 38.8 Å². The summed E-state index contributed by atoms with van der Waals surface area (Å²) in [6.45, 7) is 3.05. The highest BCUT2D eigenvalue weighted by atomic mass is 32.2. The number of carbonyl (C=O) groups excluding carboxylic acids is 1.